The summed E-state index contributed by atoms with van der Waals surface area (Å²) in [5, 5.41) is 15.0. The molecular formula is C14H14N6O2S. The molecule has 0 aromatic carbocycles. The van der Waals surface area contributed by atoms with Crippen LogP contribution in [-0.4, -0.2) is 21.1 Å². The lowest BCUT2D eigenvalue weighted by molar-refractivity contribution is -0.383. The summed E-state index contributed by atoms with van der Waals surface area (Å²) in [6.07, 6.45) is 8.47. The average Bonchev–Trinajstić information content (AvgIpc) is 3.18. The highest BCUT2D eigenvalue weighted by Gasteiger charge is 2.20. The van der Waals surface area contributed by atoms with Gasteiger partial charge in [-0.15, -0.1) is 11.3 Å². The van der Waals surface area contributed by atoms with Crippen LogP contribution >= 0.6 is 11.3 Å². The van der Waals surface area contributed by atoms with Crippen molar-refractivity contribution in [2.75, 3.05) is 11.2 Å². The maximum atomic E-state index is 11.0. The fourth-order valence-corrected chi connectivity index (χ4v) is 3.25. The van der Waals surface area contributed by atoms with Gasteiger partial charge >= 0.3 is 5.69 Å². The molecule has 0 unspecified atom stereocenters. The second-order valence-electron chi connectivity index (χ2n) is 4.91. The minimum Gasteiger partial charge on any atom is -0.378 e. The fourth-order valence-electron chi connectivity index (χ4n) is 2.30. The first-order chi connectivity index (χ1) is 11.1. The summed E-state index contributed by atoms with van der Waals surface area (Å²) in [6.45, 7) is 0. The fraction of sp³-hybridized carbons (Fsp3) is 0.214. The smallest absolute Gasteiger partial charge is 0.354 e. The number of nitrogens with two attached hydrogens (primary N) is 1. The summed E-state index contributed by atoms with van der Waals surface area (Å²) < 4.78 is 0. The standard InChI is InChI=1S/C14H14N6O2S/c15-13-12(20(21)22)14(17-8-16-13)19-18-7-10-5-6-11(23-10)9-3-1-2-4-9/h3,5-8H,1-2,4H2,(H3,15,16,17,19)/b18-7+. The Hall–Kier alpha value is -2.81. The molecule has 2 aromatic heterocycles. The van der Waals surface area contributed by atoms with E-state index in [9.17, 15) is 10.1 Å². The molecule has 0 fully saturated rings. The van der Waals surface area contributed by atoms with Crippen LogP contribution in [0.15, 0.2) is 29.6 Å². The van der Waals surface area contributed by atoms with Crippen molar-refractivity contribution in [3.05, 3.63) is 44.4 Å². The van der Waals surface area contributed by atoms with Crippen LogP contribution in [0.5, 0.6) is 0 Å². The van der Waals surface area contributed by atoms with Gasteiger partial charge in [-0.05, 0) is 37.0 Å². The highest BCUT2D eigenvalue weighted by molar-refractivity contribution is 7.14. The number of nitrogen functional groups attached to an aromatic ring is 1. The number of aromatic nitrogens is 2. The topological polar surface area (TPSA) is 119 Å². The van der Waals surface area contributed by atoms with E-state index in [1.165, 1.54) is 16.9 Å². The van der Waals surface area contributed by atoms with Crippen molar-refractivity contribution in [1.82, 2.24) is 9.97 Å². The van der Waals surface area contributed by atoms with Gasteiger partial charge in [0.2, 0.25) is 11.6 Å². The molecule has 2 aromatic rings. The van der Waals surface area contributed by atoms with E-state index >= 15 is 0 Å². The Morgan fingerprint density at radius 2 is 2.30 bits per heavy atom. The lowest BCUT2D eigenvalue weighted by Crippen LogP contribution is -2.04. The normalized spacial score (nSPS) is 14.2. The molecule has 118 valence electrons. The lowest BCUT2D eigenvalue weighted by Gasteiger charge is -2.01. The van der Waals surface area contributed by atoms with Gasteiger partial charge in [0.25, 0.3) is 0 Å². The Morgan fingerprint density at radius 1 is 1.43 bits per heavy atom. The molecule has 0 saturated carbocycles. The summed E-state index contributed by atoms with van der Waals surface area (Å²) in [6, 6.07) is 4.03. The molecule has 0 aliphatic heterocycles. The molecule has 2 heterocycles. The molecule has 0 radical (unpaired) electrons. The summed E-state index contributed by atoms with van der Waals surface area (Å²) in [7, 11) is 0. The van der Waals surface area contributed by atoms with Gasteiger partial charge in [-0.2, -0.15) is 5.10 Å². The van der Waals surface area contributed by atoms with Gasteiger partial charge in [0.1, 0.15) is 6.33 Å². The van der Waals surface area contributed by atoms with Gasteiger partial charge in [-0.3, -0.25) is 15.5 Å². The second-order valence-corrected chi connectivity index (χ2v) is 6.02. The van der Waals surface area contributed by atoms with Crippen LogP contribution in [0, 0.1) is 10.1 Å². The number of nitro groups is 1. The number of nitrogens with one attached hydrogen (secondary N) is 1. The molecule has 0 amide bonds. The highest BCUT2D eigenvalue weighted by Crippen LogP contribution is 2.32. The van der Waals surface area contributed by atoms with Crippen molar-refractivity contribution < 1.29 is 4.92 Å². The van der Waals surface area contributed by atoms with E-state index in [1.807, 2.05) is 6.07 Å². The molecule has 8 nitrogen and oxygen atoms in total. The minimum atomic E-state index is -0.636. The monoisotopic (exact) mass is 330 g/mol. The molecule has 0 atom stereocenters. The predicted molar refractivity (Wildman–Crippen MR) is 90.5 cm³/mol. The summed E-state index contributed by atoms with van der Waals surface area (Å²) >= 11 is 1.63. The predicted octanol–water partition coefficient (Wildman–Crippen LogP) is 3.04. The Balaban J connectivity index is 1.72. The van der Waals surface area contributed by atoms with Crippen molar-refractivity contribution in [3.8, 4) is 0 Å². The Kier molecular flexibility index (Phi) is 4.29. The first-order valence-corrected chi connectivity index (χ1v) is 7.80. The Labute approximate surface area is 135 Å². The van der Waals surface area contributed by atoms with Crippen LogP contribution < -0.4 is 11.2 Å². The Bertz CT molecular complexity index is 798. The van der Waals surface area contributed by atoms with E-state index in [-0.39, 0.29) is 17.3 Å². The van der Waals surface area contributed by atoms with Crippen LogP contribution in [0.2, 0.25) is 0 Å². The third kappa shape index (κ3) is 3.34. The van der Waals surface area contributed by atoms with Crippen LogP contribution in [0.1, 0.15) is 29.0 Å². The molecule has 3 N–H and O–H groups in total. The molecular weight excluding hydrogens is 316 g/mol. The number of nitrogens with zero attached hydrogens (tertiary/aromatic N) is 4. The molecule has 1 aliphatic rings. The summed E-state index contributed by atoms with van der Waals surface area (Å²) in [5.41, 5.74) is 9.04. The van der Waals surface area contributed by atoms with Crippen molar-refractivity contribution in [1.29, 1.82) is 0 Å². The van der Waals surface area contributed by atoms with Crippen molar-refractivity contribution >= 4 is 40.4 Å². The molecule has 0 saturated heterocycles. The largest absolute Gasteiger partial charge is 0.378 e. The van der Waals surface area contributed by atoms with Crippen LogP contribution in [0.4, 0.5) is 17.3 Å². The number of thiophene rings is 1. The van der Waals surface area contributed by atoms with Crippen molar-refractivity contribution in [3.63, 3.8) is 0 Å². The number of hydrogen-bond donors (Lipinski definition) is 2. The maximum absolute atomic E-state index is 11.0. The first kappa shape index (κ1) is 15.1. The summed E-state index contributed by atoms with van der Waals surface area (Å²) in [5.74, 6) is -0.233. The number of allylic oxidation sites excluding steroid dienone is 2. The number of anilines is 2. The van der Waals surface area contributed by atoms with Gasteiger partial charge in [-0.1, -0.05) is 6.08 Å². The zero-order chi connectivity index (χ0) is 16.2. The van der Waals surface area contributed by atoms with E-state index in [0.717, 1.165) is 24.0 Å². The van der Waals surface area contributed by atoms with Crippen LogP contribution in [0.25, 0.3) is 5.57 Å². The molecule has 23 heavy (non-hydrogen) atoms. The zero-order valence-electron chi connectivity index (χ0n) is 12.1. The quantitative estimate of drug-likeness (QED) is 0.494. The highest BCUT2D eigenvalue weighted by atomic mass is 32.1. The van der Waals surface area contributed by atoms with Crippen LogP contribution in [0.3, 0.4) is 0 Å². The van der Waals surface area contributed by atoms with E-state index in [0.29, 0.717) is 0 Å². The van der Waals surface area contributed by atoms with Crippen molar-refractivity contribution in [2.45, 2.75) is 19.3 Å². The van der Waals surface area contributed by atoms with Crippen molar-refractivity contribution in [2.24, 2.45) is 5.10 Å². The molecule has 0 spiro atoms. The van der Waals surface area contributed by atoms with E-state index in [4.69, 9.17) is 5.73 Å². The Morgan fingerprint density at radius 3 is 3.04 bits per heavy atom. The minimum absolute atomic E-state index is 0.0333. The molecule has 1 aliphatic carbocycles. The van der Waals surface area contributed by atoms with Crippen LogP contribution in [-0.2, 0) is 0 Å². The zero-order valence-corrected chi connectivity index (χ0v) is 12.9. The third-order valence-electron chi connectivity index (χ3n) is 3.38. The summed E-state index contributed by atoms with van der Waals surface area (Å²) in [4.78, 5) is 19.9. The van der Waals surface area contributed by atoms with Gasteiger partial charge in [0.15, 0.2) is 0 Å². The van der Waals surface area contributed by atoms with E-state index in [1.54, 1.807) is 17.6 Å². The lowest BCUT2D eigenvalue weighted by atomic mass is 10.2. The van der Waals surface area contributed by atoms with Gasteiger partial charge < -0.3 is 5.73 Å². The van der Waals surface area contributed by atoms with E-state index in [2.05, 4.69) is 32.6 Å². The number of hydrazone groups is 1. The average molecular weight is 330 g/mol. The van der Waals surface area contributed by atoms with Gasteiger partial charge in [0, 0.05) is 9.75 Å². The SMILES string of the molecule is Nc1ncnc(N/N=C/c2ccc(C3=CCCC3)s2)c1[N+](=O)[O-]. The molecule has 3 rings (SSSR count). The third-order valence-corrected chi connectivity index (χ3v) is 4.48. The van der Waals surface area contributed by atoms with Gasteiger partial charge in [0.05, 0.1) is 11.1 Å². The molecule has 9 heteroatoms. The van der Waals surface area contributed by atoms with E-state index < -0.39 is 4.92 Å². The number of hydrogen-bond acceptors (Lipinski definition) is 8. The molecule has 0 bridgehead atoms. The second kappa shape index (κ2) is 6.53. The van der Waals surface area contributed by atoms with Gasteiger partial charge in [-0.25, -0.2) is 9.97 Å². The number of rotatable bonds is 5. The first-order valence-electron chi connectivity index (χ1n) is 6.98. The maximum Gasteiger partial charge on any atom is 0.354 e.